The van der Waals surface area contributed by atoms with Crippen LogP contribution in [-0.4, -0.2) is 21.4 Å². The molecule has 0 atom stereocenters. The Labute approximate surface area is 167 Å². The van der Waals surface area contributed by atoms with Crippen molar-refractivity contribution in [1.29, 1.82) is 5.26 Å². The fourth-order valence-corrected chi connectivity index (χ4v) is 10.5. The standard InChI is InChI=1S/C21H29NO3SSi/c1-13(2)27(14(3)4,15(5)6)25-18-8-16(11-22)21-17(9-20(23)24-7)12-26-19(21)10-18/h8,10,12-15H,9H2,1-7H3. The van der Waals surface area contributed by atoms with E-state index in [4.69, 9.17) is 9.16 Å². The van der Waals surface area contributed by atoms with Gasteiger partial charge in [0.25, 0.3) is 8.32 Å². The number of carbonyl (C=O) groups excluding carboxylic acids is 1. The lowest BCUT2D eigenvalue weighted by Crippen LogP contribution is -2.50. The molecule has 0 saturated carbocycles. The van der Waals surface area contributed by atoms with E-state index in [2.05, 4.69) is 47.6 Å². The van der Waals surface area contributed by atoms with Crippen LogP contribution in [0.25, 0.3) is 10.1 Å². The van der Waals surface area contributed by atoms with Gasteiger partial charge in [0.15, 0.2) is 0 Å². The summed E-state index contributed by atoms with van der Waals surface area (Å²) in [6, 6.07) is 6.15. The summed E-state index contributed by atoms with van der Waals surface area (Å²) in [5.41, 5.74) is 2.76. The van der Waals surface area contributed by atoms with Gasteiger partial charge in [-0.05, 0) is 39.7 Å². The molecule has 0 spiro atoms. The third kappa shape index (κ3) is 4.04. The minimum Gasteiger partial charge on any atom is -0.543 e. The van der Waals surface area contributed by atoms with Crippen LogP contribution in [0.3, 0.4) is 0 Å². The molecule has 0 bridgehead atoms. The predicted octanol–water partition coefficient (Wildman–Crippen LogP) is 6.04. The van der Waals surface area contributed by atoms with Crippen LogP contribution in [-0.2, 0) is 16.0 Å². The van der Waals surface area contributed by atoms with Gasteiger partial charge in [0.05, 0.1) is 25.2 Å². The highest BCUT2D eigenvalue weighted by Gasteiger charge is 2.47. The molecule has 0 N–H and O–H groups in total. The molecule has 0 saturated heterocycles. The molecule has 4 nitrogen and oxygen atoms in total. The summed E-state index contributed by atoms with van der Waals surface area (Å²) in [4.78, 5) is 11.7. The fraction of sp³-hybridized carbons (Fsp3) is 0.524. The molecule has 2 aromatic rings. The highest BCUT2D eigenvalue weighted by Crippen LogP contribution is 2.44. The van der Waals surface area contributed by atoms with Crippen LogP contribution in [0.2, 0.25) is 16.6 Å². The first-order chi connectivity index (χ1) is 12.7. The van der Waals surface area contributed by atoms with Gasteiger partial charge in [-0.3, -0.25) is 4.79 Å². The second-order valence-electron chi connectivity index (χ2n) is 7.89. The highest BCUT2D eigenvalue weighted by atomic mass is 32.1. The van der Waals surface area contributed by atoms with E-state index < -0.39 is 8.32 Å². The Hall–Kier alpha value is -1.84. The van der Waals surface area contributed by atoms with Crippen molar-refractivity contribution in [1.82, 2.24) is 0 Å². The summed E-state index contributed by atoms with van der Waals surface area (Å²) in [6.45, 7) is 13.5. The Morgan fingerprint density at radius 3 is 2.22 bits per heavy atom. The third-order valence-electron chi connectivity index (χ3n) is 5.41. The number of nitriles is 1. The molecule has 0 radical (unpaired) electrons. The van der Waals surface area contributed by atoms with Gasteiger partial charge >= 0.3 is 5.97 Å². The molecule has 146 valence electrons. The zero-order chi connectivity index (χ0) is 20.4. The number of ether oxygens (including phenoxy) is 1. The Balaban J connectivity index is 2.55. The first-order valence-electron chi connectivity index (χ1n) is 9.37. The van der Waals surface area contributed by atoms with Gasteiger partial charge in [0.1, 0.15) is 5.75 Å². The molecule has 27 heavy (non-hydrogen) atoms. The molecule has 1 aromatic heterocycles. The second-order valence-corrected chi connectivity index (χ2v) is 14.2. The van der Waals surface area contributed by atoms with Gasteiger partial charge in [-0.25, -0.2) is 0 Å². The quantitative estimate of drug-likeness (QED) is 0.417. The number of rotatable bonds is 7. The normalized spacial score (nSPS) is 12.0. The van der Waals surface area contributed by atoms with Crippen molar-refractivity contribution in [2.24, 2.45) is 0 Å². The van der Waals surface area contributed by atoms with Gasteiger partial charge < -0.3 is 9.16 Å². The summed E-state index contributed by atoms with van der Waals surface area (Å²) in [5.74, 6) is 0.470. The first-order valence-corrected chi connectivity index (χ1v) is 12.4. The average Bonchev–Trinajstić information content (AvgIpc) is 3.00. The van der Waals surface area contributed by atoms with Crippen molar-refractivity contribution in [2.45, 2.75) is 64.6 Å². The number of fused-ring (bicyclic) bond motifs is 1. The van der Waals surface area contributed by atoms with E-state index in [1.54, 1.807) is 0 Å². The van der Waals surface area contributed by atoms with Gasteiger partial charge in [0, 0.05) is 10.1 Å². The number of methoxy groups -OCH3 is 1. The summed E-state index contributed by atoms with van der Waals surface area (Å²) in [7, 11) is -0.719. The highest BCUT2D eigenvalue weighted by molar-refractivity contribution is 7.17. The van der Waals surface area contributed by atoms with E-state index in [0.29, 0.717) is 22.2 Å². The van der Waals surface area contributed by atoms with Crippen molar-refractivity contribution >= 4 is 35.7 Å². The second kappa shape index (κ2) is 8.45. The SMILES string of the molecule is COC(=O)Cc1csc2cc(O[Si](C(C)C)(C(C)C)C(C)C)cc(C#N)c12. The fourth-order valence-electron chi connectivity index (χ4n) is 4.27. The zero-order valence-corrected chi connectivity index (χ0v) is 19.1. The van der Waals surface area contributed by atoms with Gasteiger partial charge in [0.2, 0.25) is 0 Å². The topological polar surface area (TPSA) is 59.3 Å². The average molecular weight is 404 g/mol. The Kier molecular flexibility index (Phi) is 6.71. The predicted molar refractivity (Wildman–Crippen MR) is 114 cm³/mol. The maximum atomic E-state index is 11.7. The van der Waals surface area contributed by atoms with Gasteiger partial charge in [-0.15, -0.1) is 11.3 Å². The number of thiophene rings is 1. The molecule has 6 heteroatoms. The number of carbonyl (C=O) groups is 1. The maximum absolute atomic E-state index is 11.7. The summed E-state index contributed by atoms with van der Waals surface area (Å²) in [6.07, 6.45) is 0.175. The largest absolute Gasteiger partial charge is 0.543 e. The molecule has 0 fully saturated rings. The Morgan fingerprint density at radius 2 is 1.74 bits per heavy atom. The molecule has 0 aliphatic rings. The number of esters is 1. The summed E-state index contributed by atoms with van der Waals surface area (Å²) < 4.78 is 12.5. The molecule has 2 rings (SSSR count). The van der Waals surface area contributed by atoms with E-state index >= 15 is 0 Å². The molecule has 1 aromatic carbocycles. The van der Waals surface area contributed by atoms with Crippen LogP contribution >= 0.6 is 11.3 Å². The van der Waals surface area contributed by atoms with E-state index in [9.17, 15) is 10.1 Å². The third-order valence-corrected chi connectivity index (χ3v) is 12.4. The maximum Gasteiger partial charge on any atom is 0.310 e. The number of benzene rings is 1. The van der Waals surface area contributed by atoms with Crippen LogP contribution in [0.5, 0.6) is 5.75 Å². The van der Waals surface area contributed by atoms with Crippen molar-refractivity contribution in [3.63, 3.8) is 0 Å². The monoisotopic (exact) mass is 403 g/mol. The molecular formula is C21H29NO3SSi. The lowest BCUT2D eigenvalue weighted by molar-refractivity contribution is -0.139. The zero-order valence-electron chi connectivity index (χ0n) is 17.3. The summed E-state index contributed by atoms with van der Waals surface area (Å²) >= 11 is 1.54. The van der Waals surface area contributed by atoms with Crippen molar-refractivity contribution < 1.29 is 14.0 Å². The minimum absolute atomic E-state index is 0.175. The van der Waals surface area contributed by atoms with Gasteiger partial charge in [-0.1, -0.05) is 41.5 Å². The lowest BCUT2D eigenvalue weighted by Gasteiger charge is -2.42. The lowest BCUT2D eigenvalue weighted by atomic mass is 10.0. The molecule has 0 amide bonds. The number of hydrogen-bond donors (Lipinski definition) is 0. The van der Waals surface area contributed by atoms with Crippen LogP contribution in [0.4, 0.5) is 0 Å². The number of hydrogen-bond acceptors (Lipinski definition) is 5. The molecule has 1 heterocycles. The molecule has 0 unspecified atom stereocenters. The van der Waals surface area contributed by atoms with Gasteiger partial charge in [-0.2, -0.15) is 5.26 Å². The van der Waals surface area contributed by atoms with Crippen molar-refractivity contribution in [3.05, 3.63) is 28.6 Å². The minimum atomic E-state index is -2.10. The summed E-state index contributed by atoms with van der Waals surface area (Å²) in [5, 5.41) is 12.5. The van der Waals surface area contributed by atoms with E-state index in [1.165, 1.54) is 18.4 Å². The van der Waals surface area contributed by atoms with Crippen molar-refractivity contribution in [2.75, 3.05) is 7.11 Å². The van der Waals surface area contributed by atoms with E-state index in [1.807, 2.05) is 17.5 Å². The van der Waals surface area contributed by atoms with Crippen LogP contribution in [0.1, 0.15) is 52.7 Å². The van der Waals surface area contributed by atoms with Crippen LogP contribution < -0.4 is 4.43 Å². The van der Waals surface area contributed by atoms with Crippen LogP contribution in [0.15, 0.2) is 17.5 Å². The molecule has 0 aliphatic heterocycles. The Bertz CT molecular complexity index is 842. The first kappa shape index (κ1) is 21.5. The van der Waals surface area contributed by atoms with Crippen molar-refractivity contribution in [3.8, 4) is 11.8 Å². The number of nitrogens with zero attached hydrogens (tertiary/aromatic N) is 1. The smallest absolute Gasteiger partial charge is 0.310 e. The van der Waals surface area contributed by atoms with E-state index in [-0.39, 0.29) is 12.4 Å². The Morgan fingerprint density at radius 1 is 1.15 bits per heavy atom. The van der Waals surface area contributed by atoms with Crippen LogP contribution in [0, 0.1) is 11.3 Å². The van der Waals surface area contributed by atoms with E-state index in [0.717, 1.165) is 21.4 Å². The molecular weight excluding hydrogens is 374 g/mol. The molecule has 0 aliphatic carbocycles.